The molecule has 0 aliphatic heterocycles. The molecule has 0 saturated carbocycles. The Hall–Kier alpha value is -1.22. The van der Waals surface area contributed by atoms with Crippen LogP contribution in [0.2, 0.25) is 0 Å². The lowest BCUT2D eigenvalue weighted by atomic mass is 10.0. The molecule has 1 aromatic rings. The maximum Gasteiger partial charge on any atom is 0.269 e. The second-order valence-corrected chi connectivity index (χ2v) is 5.25. The zero-order chi connectivity index (χ0) is 15.0. The van der Waals surface area contributed by atoms with Crippen LogP contribution in [-0.2, 0) is 6.42 Å². The highest BCUT2D eigenvalue weighted by Crippen LogP contribution is 2.30. The third-order valence-electron chi connectivity index (χ3n) is 3.44. The van der Waals surface area contributed by atoms with E-state index in [-0.39, 0.29) is 12.0 Å². The normalized spacial score (nSPS) is 14.3. The van der Waals surface area contributed by atoms with Crippen molar-refractivity contribution in [3.63, 3.8) is 0 Å². The fourth-order valence-electron chi connectivity index (χ4n) is 2.05. The summed E-state index contributed by atoms with van der Waals surface area (Å²) >= 11 is 0. The van der Waals surface area contributed by atoms with Gasteiger partial charge in [-0.1, -0.05) is 49.8 Å². The molecule has 1 atom stereocenters. The third-order valence-corrected chi connectivity index (χ3v) is 3.44. The zero-order valence-corrected chi connectivity index (χ0v) is 12.3. The van der Waals surface area contributed by atoms with Crippen LogP contribution in [-0.4, -0.2) is 17.1 Å². The van der Waals surface area contributed by atoms with Crippen LogP contribution in [0, 0.1) is 0 Å². The van der Waals surface area contributed by atoms with Gasteiger partial charge in [-0.2, -0.15) is 0 Å². The molecule has 0 fully saturated rings. The minimum atomic E-state index is -2.80. The number of rotatable bonds is 8. The number of unbranched alkanes of at least 4 members (excludes halogenated alkanes) is 1. The second-order valence-electron chi connectivity index (χ2n) is 5.25. The van der Waals surface area contributed by atoms with Crippen molar-refractivity contribution in [2.24, 2.45) is 0 Å². The minimum Gasteiger partial charge on any atom is -0.389 e. The molecule has 0 radical (unpaired) electrons. The molecule has 0 spiro atoms. The molecule has 0 amide bonds. The number of aliphatic hydroxyl groups is 1. The zero-order valence-electron chi connectivity index (χ0n) is 12.3. The Morgan fingerprint density at radius 1 is 1.30 bits per heavy atom. The van der Waals surface area contributed by atoms with E-state index in [1.54, 1.807) is 0 Å². The van der Waals surface area contributed by atoms with Gasteiger partial charge in [-0.25, -0.2) is 8.78 Å². The van der Waals surface area contributed by atoms with Gasteiger partial charge in [-0.3, -0.25) is 0 Å². The molecule has 1 unspecified atom stereocenters. The first-order valence-electron chi connectivity index (χ1n) is 7.24. The highest BCUT2D eigenvalue weighted by Gasteiger charge is 2.30. The molecule has 0 aromatic heterocycles. The minimum absolute atomic E-state index is 0.0217. The Bertz CT molecular complexity index is 412. The summed E-state index contributed by atoms with van der Waals surface area (Å²) in [6, 6.07) is 9.74. The summed E-state index contributed by atoms with van der Waals surface area (Å²) in [5, 5.41) is 9.86. The van der Waals surface area contributed by atoms with E-state index in [0.717, 1.165) is 12.0 Å². The third kappa shape index (κ3) is 5.83. The van der Waals surface area contributed by atoms with E-state index in [2.05, 4.69) is 0 Å². The van der Waals surface area contributed by atoms with Crippen molar-refractivity contribution in [1.82, 2.24) is 0 Å². The fraction of sp³-hybridized carbons (Fsp3) is 0.529. The number of hydrogen-bond acceptors (Lipinski definition) is 1. The number of aliphatic hydroxyl groups excluding tert-OH is 1. The molecule has 1 N–H and O–H groups in total. The Kier molecular flexibility index (Phi) is 6.86. The second kappa shape index (κ2) is 8.15. The van der Waals surface area contributed by atoms with Gasteiger partial charge in [-0.15, -0.1) is 0 Å². The molecule has 1 rings (SSSR count). The van der Waals surface area contributed by atoms with Gasteiger partial charge in [0.05, 0.1) is 6.10 Å². The fourth-order valence-corrected chi connectivity index (χ4v) is 2.05. The van der Waals surface area contributed by atoms with Gasteiger partial charge < -0.3 is 5.11 Å². The van der Waals surface area contributed by atoms with Crippen LogP contribution in [0.3, 0.4) is 0 Å². The number of halogens is 2. The Labute approximate surface area is 120 Å². The summed E-state index contributed by atoms with van der Waals surface area (Å²) < 4.78 is 27.5. The van der Waals surface area contributed by atoms with Crippen molar-refractivity contribution in [1.29, 1.82) is 0 Å². The predicted molar refractivity (Wildman–Crippen MR) is 79.0 cm³/mol. The van der Waals surface area contributed by atoms with Gasteiger partial charge in [0.25, 0.3) is 5.92 Å². The van der Waals surface area contributed by atoms with Crippen molar-refractivity contribution in [3.8, 4) is 0 Å². The Morgan fingerprint density at radius 2 is 1.95 bits per heavy atom. The quantitative estimate of drug-likeness (QED) is 0.682. The van der Waals surface area contributed by atoms with Gasteiger partial charge in [-0.05, 0) is 37.3 Å². The van der Waals surface area contributed by atoms with Crippen molar-refractivity contribution < 1.29 is 13.9 Å². The van der Waals surface area contributed by atoms with Crippen molar-refractivity contribution in [3.05, 3.63) is 47.5 Å². The first kappa shape index (κ1) is 16.8. The summed E-state index contributed by atoms with van der Waals surface area (Å²) in [6.07, 6.45) is 2.74. The molecule has 0 aliphatic carbocycles. The van der Waals surface area contributed by atoms with Gasteiger partial charge in [0.15, 0.2) is 0 Å². The molecule has 112 valence electrons. The number of alkyl halides is 2. The average Bonchev–Trinajstić information content (AvgIpc) is 2.44. The van der Waals surface area contributed by atoms with E-state index in [1.165, 1.54) is 13.0 Å². The molecule has 0 aliphatic rings. The van der Waals surface area contributed by atoms with Crippen LogP contribution in [0.25, 0.3) is 0 Å². The van der Waals surface area contributed by atoms with Crippen LogP contribution >= 0.6 is 0 Å². The monoisotopic (exact) mass is 282 g/mol. The van der Waals surface area contributed by atoms with Crippen LogP contribution in [0.5, 0.6) is 0 Å². The van der Waals surface area contributed by atoms with E-state index in [9.17, 15) is 13.9 Å². The maximum atomic E-state index is 13.7. The topological polar surface area (TPSA) is 20.2 Å². The summed E-state index contributed by atoms with van der Waals surface area (Å²) in [5.74, 6) is -2.80. The highest BCUT2D eigenvalue weighted by atomic mass is 19.3. The molecule has 1 aromatic carbocycles. The SMILES string of the molecule is CCCCC(F)(F)/C(C)=C\C(O)CCc1ccccc1. The predicted octanol–water partition coefficient (Wildman–Crippen LogP) is 4.75. The molecule has 3 heteroatoms. The number of allylic oxidation sites excluding steroid dienone is 1. The highest BCUT2D eigenvalue weighted by molar-refractivity contribution is 5.16. The largest absolute Gasteiger partial charge is 0.389 e. The summed E-state index contributed by atoms with van der Waals surface area (Å²) in [5.41, 5.74) is 1.09. The first-order valence-corrected chi connectivity index (χ1v) is 7.24. The number of hydrogen-bond donors (Lipinski definition) is 1. The van der Waals surface area contributed by atoms with Crippen LogP contribution in [0.15, 0.2) is 42.0 Å². The summed E-state index contributed by atoms with van der Waals surface area (Å²) in [4.78, 5) is 0. The lowest BCUT2D eigenvalue weighted by Crippen LogP contribution is -2.19. The van der Waals surface area contributed by atoms with E-state index in [4.69, 9.17) is 0 Å². The Balaban J connectivity index is 2.50. The maximum absolute atomic E-state index is 13.7. The first-order chi connectivity index (χ1) is 9.45. The van der Waals surface area contributed by atoms with Crippen molar-refractivity contribution in [2.45, 2.75) is 58.0 Å². The number of benzene rings is 1. The lowest BCUT2D eigenvalue weighted by molar-refractivity contribution is 0.0282. The van der Waals surface area contributed by atoms with Crippen molar-refractivity contribution in [2.75, 3.05) is 0 Å². The molecule has 0 saturated heterocycles. The molecular formula is C17H24F2O. The summed E-state index contributed by atoms with van der Waals surface area (Å²) in [7, 11) is 0. The number of aryl methyl sites for hydroxylation is 1. The molecule has 0 heterocycles. The molecule has 0 bridgehead atoms. The summed E-state index contributed by atoms with van der Waals surface area (Å²) in [6.45, 7) is 3.30. The molecule has 1 nitrogen and oxygen atoms in total. The van der Waals surface area contributed by atoms with Crippen LogP contribution in [0.1, 0.15) is 45.1 Å². The van der Waals surface area contributed by atoms with Crippen molar-refractivity contribution >= 4 is 0 Å². The van der Waals surface area contributed by atoms with E-state index in [1.807, 2.05) is 37.3 Å². The van der Waals surface area contributed by atoms with E-state index in [0.29, 0.717) is 19.3 Å². The Morgan fingerprint density at radius 3 is 2.55 bits per heavy atom. The average molecular weight is 282 g/mol. The van der Waals surface area contributed by atoms with Gasteiger partial charge in [0, 0.05) is 6.42 Å². The lowest BCUT2D eigenvalue weighted by Gasteiger charge is -2.18. The smallest absolute Gasteiger partial charge is 0.269 e. The van der Waals surface area contributed by atoms with Gasteiger partial charge >= 0.3 is 0 Å². The molecule has 20 heavy (non-hydrogen) atoms. The van der Waals surface area contributed by atoms with E-state index >= 15 is 0 Å². The van der Waals surface area contributed by atoms with Crippen LogP contribution in [0.4, 0.5) is 8.78 Å². The van der Waals surface area contributed by atoms with E-state index < -0.39 is 12.0 Å². The molecular weight excluding hydrogens is 258 g/mol. The van der Waals surface area contributed by atoms with Gasteiger partial charge in [0.2, 0.25) is 0 Å². The van der Waals surface area contributed by atoms with Gasteiger partial charge in [0.1, 0.15) is 0 Å². The van der Waals surface area contributed by atoms with Crippen LogP contribution < -0.4 is 0 Å². The standard InChI is InChI=1S/C17H24F2O/c1-3-4-12-17(18,19)14(2)13-16(20)11-10-15-8-6-5-7-9-15/h5-9,13,16,20H,3-4,10-12H2,1-2H3/b14-13-.